The summed E-state index contributed by atoms with van der Waals surface area (Å²) in [6.07, 6.45) is -4.04. The predicted molar refractivity (Wildman–Crippen MR) is 243 cm³/mol. The summed E-state index contributed by atoms with van der Waals surface area (Å²) in [5, 5.41) is 0. The first kappa shape index (κ1) is 59.4. The molecule has 6 aromatic rings. The van der Waals surface area contributed by atoms with Gasteiger partial charge >= 0.3 is 65.4 Å². The SMILES string of the molecule is CC(C)(C)c1c[c-]c(-c2cc(C(C)(C)C)ccn2)cc1.CC(C)(C)c1c[c-]c(-c2cc(C(C)(C)C)ccn2)cc1.FC(F)(F)c1ccc(-c2ccc(C(F)(F)F)cn2)nc1.F[P-](F)(F)(F)(F)F.[Ir+3]. The molecule has 6 rings (SSSR count). The monoisotopic (exact) mass is 1160 g/mol. The summed E-state index contributed by atoms with van der Waals surface area (Å²) in [5.74, 6) is 0. The van der Waals surface area contributed by atoms with Gasteiger partial charge in [-0.15, -0.1) is 70.8 Å². The van der Waals surface area contributed by atoms with Crippen LogP contribution in [0, 0.1) is 12.1 Å². The number of benzene rings is 2. The Morgan fingerprint density at radius 2 is 0.647 bits per heavy atom. The van der Waals surface area contributed by atoms with E-state index in [0.29, 0.717) is 12.4 Å². The molecule has 0 aliphatic rings. The van der Waals surface area contributed by atoms with E-state index in [1.54, 1.807) is 0 Å². The maximum Gasteiger partial charge on any atom is 3.00 e. The van der Waals surface area contributed by atoms with Crippen LogP contribution >= 0.6 is 7.81 Å². The van der Waals surface area contributed by atoms with Gasteiger partial charge in [0, 0.05) is 24.8 Å². The van der Waals surface area contributed by atoms with Crippen LogP contribution in [-0.4, -0.2) is 19.9 Å². The quantitative estimate of drug-likeness (QED) is 0.101. The molecule has 68 heavy (non-hydrogen) atoms. The second kappa shape index (κ2) is 20.7. The molecule has 0 radical (unpaired) electrons. The number of aromatic nitrogens is 4. The Kier molecular flexibility index (Phi) is 18.1. The Morgan fingerprint density at radius 1 is 0.368 bits per heavy atom. The van der Waals surface area contributed by atoms with Crippen molar-refractivity contribution < 1.29 is 71.6 Å². The molecular weight excluding hydrogens is 1110 g/mol. The van der Waals surface area contributed by atoms with Crippen molar-refractivity contribution in [3.63, 3.8) is 0 Å². The molecule has 0 bridgehead atoms. The van der Waals surface area contributed by atoms with E-state index in [-0.39, 0.29) is 53.2 Å². The van der Waals surface area contributed by atoms with Crippen LogP contribution in [0.2, 0.25) is 0 Å². The number of pyridine rings is 4. The van der Waals surface area contributed by atoms with Gasteiger partial charge in [0.05, 0.1) is 22.5 Å². The van der Waals surface area contributed by atoms with E-state index in [2.05, 4.69) is 176 Å². The molecule has 0 N–H and O–H groups in total. The standard InChI is InChI=1S/2C19H24N.C12H6F6N2.F6P.Ir/c2*1-18(2,3)15-9-7-14(8-10-15)17-13-16(11-12-20-17)19(4,5)6;13-11(14,15)7-1-3-9(19-5-7)10-4-2-8(6-20-10)12(16,17)18;1-7(2,3,4,5)6;/h2*7,9-13H,1-6H3;1-6H;;/q2*-1;;-1;+3. The summed E-state index contributed by atoms with van der Waals surface area (Å²) < 4.78 is 133. The number of rotatable bonds is 3. The number of hydrogen-bond donors (Lipinski definition) is 0. The van der Waals surface area contributed by atoms with Gasteiger partial charge in [0.2, 0.25) is 0 Å². The van der Waals surface area contributed by atoms with Crippen LogP contribution in [0.1, 0.15) is 116 Å². The van der Waals surface area contributed by atoms with Crippen LogP contribution in [0.5, 0.6) is 0 Å². The van der Waals surface area contributed by atoms with Gasteiger partial charge in [-0.1, -0.05) is 95.2 Å². The fourth-order valence-electron chi connectivity index (χ4n) is 5.62. The maximum absolute atomic E-state index is 12.3. The largest absolute Gasteiger partial charge is 3.00 e. The predicted octanol–water partition coefficient (Wildman–Crippen LogP) is 17.8. The average molecular weight is 1160 g/mol. The molecule has 0 aliphatic heterocycles. The van der Waals surface area contributed by atoms with E-state index in [4.69, 9.17) is 0 Å². The first-order valence-corrected chi connectivity index (χ1v) is 22.6. The fourth-order valence-corrected chi connectivity index (χ4v) is 5.62. The van der Waals surface area contributed by atoms with E-state index in [1.165, 1.54) is 22.3 Å². The minimum Gasteiger partial charge on any atom is 3.00 e. The summed E-state index contributed by atoms with van der Waals surface area (Å²) in [4.78, 5) is 16.1. The van der Waals surface area contributed by atoms with Crippen LogP contribution in [0.15, 0.2) is 110 Å². The van der Waals surface area contributed by atoms with E-state index < -0.39 is 31.3 Å². The number of hydrogen-bond acceptors (Lipinski definition) is 4. The van der Waals surface area contributed by atoms with Crippen LogP contribution in [0.4, 0.5) is 51.5 Å². The fraction of sp³-hybridized carbons (Fsp3) is 0.360. The summed E-state index contributed by atoms with van der Waals surface area (Å²) >= 11 is 0. The molecule has 18 heteroatoms. The van der Waals surface area contributed by atoms with Gasteiger partial charge in [-0.05, 0) is 80.6 Å². The zero-order chi connectivity index (χ0) is 51.3. The van der Waals surface area contributed by atoms with Crippen molar-refractivity contribution in [2.45, 2.75) is 117 Å². The minimum atomic E-state index is -10.7. The third kappa shape index (κ3) is 20.9. The molecule has 0 amide bonds. The Balaban J connectivity index is 0.000000324. The number of nitrogens with zero attached hydrogens (tertiary/aromatic N) is 4. The molecule has 0 saturated carbocycles. The topological polar surface area (TPSA) is 51.6 Å². The van der Waals surface area contributed by atoms with E-state index in [9.17, 15) is 51.5 Å². The zero-order valence-corrected chi connectivity index (χ0v) is 42.8. The molecular formula is C50H54F12IrN4P. The van der Waals surface area contributed by atoms with Gasteiger partial charge in [-0.25, -0.2) is 0 Å². The van der Waals surface area contributed by atoms with Crippen molar-refractivity contribution in [2.24, 2.45) is 0 Å². The van der Waals surface area contributed by atoms with Crippen LogP contribution in [-0.2, 0) is 54.1 Å². The Morgan fingerprint density at radius 3 is 0.853 bits per heavy atom. The van der Waals surface area contributed by atoms with Crippen molar-refractivity contribution in [3.8, 4) is 33.9 Å². The molecule has 0 atom stereocenters. The van der Waals surface area contributed by atoms with Crippen molar-refractivity contribution in [1.82, 2.24) is 19.9 Å². The summed E-state index contributed by atoms with van der Waals surface area (Å²) in [6, 6.07) is 31.7. The second-order valence-electron chi connectivity index (χ2n) is 19.7. The van der Waals surface area contributed by atoms with Crippen molar-refractivity contribution >= 4 is 7.81 Å². The summed E-state index contributed by atoms with van der Waals surface area (Å²) in [5.41, 5.74) is 8.18. The van der Waals surface area contributed by atoms with E-state index >= 15 is 0 Å². The Bertz CT molecular complexity index is 2360. The molecule has 2 aromatic carbocycles. The smallest absolute Gasteiger partial charge is 3.00 e. The molecule has 0 unspecified atom stereocenters. The minimum absolute atomic E-state index is 0. The summed E-state index contributed by atoms with van der Waals surface area (Å²) in [6.45, 7) is 26.6. The van der Waals surface area contributed by atoms with E-state index in [1.807, 2.05) is 12.4 Å². The first-order valence-electron chi connectivity index (χ1n) is 20.6. The molecule has 4 aromatic heterocycles. The van der Waals surface area contributed by atoms with Gasteiger partial charge in [0.25, 0.3) is 0 Å². The average Bonchev–Trinajstić information content (AvgIpc) is 3.19. The molecule has 0 spiro atoms. The number of halogens is 12. The third-order valence-electron chi connectivity index (χ3n) is 9.61. The van der Waals surface area contributed by atoms with Crippen LogP contribution in [0.3, 0.4) is 0 Å². The molecule has 4 heterocycles. The maximum atomic E-state index is 12.3. The zero-order valence-electron chi connectivity index (χ0n) is 39.5. The molecule has 372 valence electrons. The molecule has 4 nitrogen and oxygen atoms in total. The Labute approximate surface area is 404 Å². The number of alkyl halides is 6. The second-order valence-corrected chi connectivity index (χ2v) is 21.6. The normalized spacial score (nSPS) is 13.4. The van der Waals surface area contributed by atoms with Gasteiger partial charge in [0.15, 0.2) is 0 Å². The van der Waals surface area contributed by atoms with Crippen molar-refractivity contribution in [3.05, 3.63) is 155 Å². The van der Waals surface area contributed by atoms with Crippen LogP contribution in [0.25, 0.3) is 33.9 Å². The van der Waals surface area contributed by atoms with Gasteiger partial charge in [-0.2, -0.15) is 26.3 Å². The van der Waals surface area contributed by atoms with Crippen molar-refractivity contribution in [2.75, 3.05) is 0 Å². The van der Waals surface area contributed by atoms with Crippen LogP contribution < -0.4 is 0 Å². The summed E-state index contributed by atoms with van der Waals surface area (Å²) in [7, 11) is -10.7. The first-order chi connectivity index (χ1) is 30.0. The molecule has 0 aliphatic carbocycles. The van der Waals surface area contributed by atoms with Gasteiger partial charge in [0.1, 0.15) is 0 Å². The molecule has 0 fully saturated rings. The van der Waals surface area contributed by atoms with Gasteiger partial charge < -0.3 is 9.97 Å². The third-order valence-corrected chi connectivity index (χ3v) is 9.61. The molecule has 0 saturated heterocycles. The van der Waals surface area contributed by atoms with Crippen molar-refractivity contribution in [1.29, 1.82) is 0 Å². The van der Waals surface area contributed by atoms with E-state index in [0.717, 1.165) is 46.8 Å². The van der Waals surface area contributed by atoms with Gasteiger partial charge in [-0.3, -0.25) is 9.97 Å². The Hall–Kier alpha value is -4.72.